The normalized spacial score (nSPS) is 17.7. The average molecular weight is 453 g/mol. The molecule has 11 heteroatoms. The van der Waals surface area contributed by atoms with E-state index in [-0.39, 0.29) is 36.8 Å². The molecule has 1 aromatic rings. The molecule has 2 heterocycles. The Kier molecular flexibility index (Phi) is 8.17. The number of hydrogen-bond donors (Lipinski definition) is 3. The molecule has 2 aliphatic heterocycles. The second-order valence-electron chi connectivity index (χ2n) is 7.15. The first kappa shape index (κ1) is 23.5. The molecule has 0 aliphatic carbocycles. The highest BCUT2D eigenvalue weighted by atomic mass is 19.1. The number of halogens is 1. The number of rotatable bonds is 8. The Hall–Kier alpha value is -4.15. The minimum atomic E-state index is -0.776. The van der Waals surface area contributed by atoms with Gasteiger partial charge in [0.2, 0.25) is 5.78 Å². The van der Waals surface area contributed by atoms with Gasteiger partial charge in [0.15, 0.2) is 0 Å². The predicted molar refractivity (Wildman–Crippen MR) is 119 cm³/mol. The predicted octanol–water partition coefficient (Wildman–Crippen LogP) is 1.72. The lowest BCUT2D eigenvalue weighted by Gasteiger charge is -2.34. The van der Waals surface area contributed by atoms with Crippen molar-refractivity contribution in [1.29, 1.82) is 5.53 Å². The van der Waals surface area contributed by atoms with Crippen LogP contribution in [0.3, 0.4) is 0 Å². The Labute approximate surface area is 190 Å². The lowest BCUT2D eigenvalue weighted by atomic mass is 10.1. The highest BCUT2D eigenvalue weighted by molar-refractivity contribution is 6.42. The van der Waals surface area contributed by atoms with Gasteiger partial charge < -0.3 is 20.4 Å². The molecule has 172 valence electrons. The van der Waals surface area contributed by atoms with Gasteiger partial charge in [0.25, 0.3) is 11.8 Å². The Morgan fingerprint density at radius 3 is 2.48 bits per heavy atom. The van der Waals surface area contributed by atoms with Gasteiger partial charge in [-0.3, -0.25) is 14.4 Å². The zero-order valence-electron chi connectivity index (χ0n) is 17.8. The number of aliphatic imine (C=N–C) groups is 1. The van der Waals surface area contributed by atoms with E-state index in [4.69, 9.17) is 5.53 Å². The fraction of sp³-hybridized carbons (Fsp3) is 0.273. The number of carbonyl (C=O) groups excluding carboxylic acids is 3. The average Bonchev–Trinajstić information content (AvgIpc) is 3.35. The molecule has 1 fully saturated rings. The van der Waals surface area contributed by atoms with Gasteiger partial charge in [0.1, 0.15) is 12.5 Å². The summed E-state index contributed by atoms with van der Waals surface area (Å²) in [5.74, 6) is -1.14. The summed E-state index contributed by atoms with van der Waals surface area (Å²) < 4.78 is 12.5. The summed E-state index contributed by atoms with van der Waals surface area (Å²) >= 11 is 0. The zero-order chi connectivity index (χ0) is 23.6. The number of hydrogen-bond acceptors (Lipinski definition) is 8. The number of allylic oxidation sites excluding steroid dienone is 1. The molecule has 1 aromatic carbocycles. The zero-order valence-corrected chi connectivity index (χ0v) is 17.8. The Morgan fingerprint density at radius 1 is 1.12 bits per heavy atom. The van der Waals surface area contributed by atoms with E-state index >= 15 is 0 Å². The van der Waals surface area contributed by atoms with Crippen LogP contribution >= 0.6 is 0 Å². The molecule has 0 aromatic heterocycles. The van der Waals surface area contributed by atoms with E-state index in [1.54, 1.807) is 29.2 Å². The number of alkyl halides is 1. The number of Topliss-reactive ketones (excluding diaryl/α,β-unsaturated/α-hetero) is 1. The summed E-state index contributed by atoms with van der Waals surface area (Å²) in [6.07, 6.45) is 5.09. The van der Waals surface area contributed by atoms with Gasteiger partial charge in [-0.15, -0.1) is 0 Å². The second-order valence-corrected chi connectivity index (χ2v) is 7.15. The molecule has 0 saturated carbocycles. The Bertz CT molecular complexity index is 1030. The van der Waals surface area contributed by atoms with Crippen molar-refractivity contribution in [2.75, 3.05) is 32.9 Å². The minimum Gasteiger partial charge on any atom is -0.361 e. The van der Waals surface area contributed by atoms with Crippen LogP contribution in [0.25, 0.3) is 0 Å². The fourth-order valence-electron chi connectivity index (χ4n) is 3.40. The van der Waals surface area contributed by atoms with Crippen molar-refractivity contribution < 1.29 is 18.8 Å². The van der Waals surface area contributed by atoms with Crippen molar-refractivity contribution in [2.24, 2.45) is 10.1 Å². The smallest absolute Gasteiger partial charge is 0.294 e. The van der Waals surface area contributed by atoms with Crippen molar-refractivity contribution in [1.82, 2.24) is 20.4 Å². The van der Waals surface area contributed by atoms with E-state index in [1.807, 2.05) is 6.07 Å². The van der Waals surface area contributed by atoms with Crippen molar-refractivity contribution >= 4 is 23.8 Å². The van der Waals surface area contributed by atoms with Crippen molar-refractivity contribution in [3.8, 4) is 0 Å². The molecular weight excluding hydrogens is 429 g/mol. The van der Waals surface area contributed by atoms with E-state index in [0.717, 1.165) is 6.21 Å². The minimum absolute atomic E-state index is 0.104. The fourth-order valence-corrected chi connectivity index (χ4v) is 3.40. The largest absolute Gasteiger partial charge is 0.361 e. The van der Waals surface area contributed by atoms with Crippen molar-refractivity contribution in [3.05, 3.63) is 71.6 Å². The number of benzene rings is 1. The molecule has 2 amide bonds. The molecule has 1 saturated heterocycles. The number of carbonyl (C=O) groups is 3. The maximum absolute atomic E-state index is 12.7. The molecule has 3 rings (SSSR count). The summed E-state index contributed by atoms with van der Waals surface area (Å²) in [6, 6.07) is 8.91. The summed E-state index contributed by atoms with van der Waals surface area (Å²) in [5, 5.41) is 8.71. The van der Waals surface area contributed by atoms with Crippen LogP contribution in [0.5, 0.6) is 0 Å². The van der Waals surface area contributed by atoms with Gasteiger partial charge in [-0.1, -0.05) is 18.2 Å². The standard InChI is InChI=1S/C22H24FN7O3/c23-6-7-25-20(26-8-9-28-24)18-14-17(15-27-18)19(31)22(33)30-12-10-29(11-13-30)21(32)16-4-2-1-3-5-16/h1-5,7-9,15,24,26-27H,6,10-14H2/b9-8-,20-18-,25-7-,28-24?. The van der Waals surface area contributed by atoms with Crippen molar-refractivity contribution in [3.63, 3.8) is 0 Å². The van der Waals surface area contributed by atoms with E-state index in [2.05, 4.69) is 20.7 Å². The third-order valence-corrected chi connectivity index (χ3v) is 5.09. The van der Waals surface area contributed by atoms with E-state index in [9.17, 15) is 18.8 Å². The summed E-state index contributed by atoms with van der Waals surface area (Å²) in [4.78, 5) is 45.1. The molecule has 10 nitrogen and oxygen atoms in total. The molecule has 0 bridgehead atoms. The lowest BCUT2D eigenvalue weighted by molar-refractivity contribution is -0.143. The van der Waals surface area contributed by atoms with Gasteiger partial charge in [-0.2, -0.15) is 5.11 Å². The lowest BCUT2D eigenvalue weighted by Crippen LogP contribution is -2.52. The molecule has 2 aliphatic rings. The first-order valence-corrected chi connectivity index (χ1v) is 10.3. The van der Waals surface area contributed by atoms with Gasteiger partial charge in [0.05, 0.1) is 11.9 Å². The van der Waals surface area contributed by atoms with Gasteiger partial charge in [-0.05, 0) is 12.1 Å². The van der Waals surface area contributed by atoms with E-state index in [0.29, 0.717) is 24.4 Å². The van der Waals surface area contributed by atoms with Crippen molar-refractivity contribution in [2.45, 2.75) is 6.42 Å². The summed E-state index contributed by atoms with van der Waals surface area (Å²) in [7, 11) is 0. The monoisotopic (exact) mass is 453 g/mol. The van der Waals surface area contributed by atoms with Crippen LogP contribution < -0.4 is 10.6 Å². The van der Waals surface area contributed by atoms with Crippen LogP contribution in [0.15, 0.2) is 76.1 Å². The van der Waals surface area contributed by atoms with E-state index < -0.39 is 18.4 Å². The quantitative estimate of drug-likeness (QED) is 0.313. The van der Waals surface area contributed by atoms with Crippen LogP contribution in [0.2, 0.25) is 0 Å². The van der Waals surface area contributed by atoms with Gasteiger partial charge >= 0.3 is 0 Å². The first-order chi connectivity index (χ1) is 16.0. The van der Waals surface area contributed by atoms with E-state index in [1.165, 1.54) is 23.5 Å². The third kappa shape index (κ3) is 5.97. The SMILES string of the molecule is N=N/C=C\NC(/N=C\CF)=C1/CC(C(=O)C(=O)N2CCN(C(=O)c3ccccc3)CC2)=CN1. The Morgan fingerprint density at radius 2 is 1.82 bits per heavy atom. The molecule has 0 radical (unpaired) electrons. The number of ketones is 1. The number of nitrogens with zero attached hydrogens (tertiary/aromatic N) is 4. The molecule has 0 atom stereocenters. The van der Waals surface area contributed by atoms with Crippen LogP contribution in [0, 0.1) is 5.53 Å². The molecular formula is C22H24FN7O3. The molecule has 3 N–H and O–H groups in total. The van der Waals surface area contributed by atoms with Crippen LogP contribution in [-0.2, 0) is 9.59 Å². The maximum atomic E-state index is 12.7. The second kappa shape index (κ2) is 11.5. The van der Waals surface area contributed by atoms with Crippen LogP contribution in [0.4, 0.5) is 4.39 Å². The van der Waals surface area contributed by atoms with Gasteiger partial charge in [0, 0.05) is 62.4 Å². The van der Waals surface area contributed by atoms with Gasteiger partial charge in [-0.25, -0.2) is 14.9 Å². The number of piperazine rings is 1. The molecule has 0 spiro atoms. The van der Waals surface area contributed by atoms with Crippen LogP contribution in [-0.4, -0.2) is 66.5 Å². The van der Waals surface area contributed by atoms with Crippen LogP contribution in [0.1, 0.15) is 16.8 Å². The Balaban J connectivity index is 1.59. The number of amides is 2. The molecule has 33 heavy (non-hydrogen) atoms. The highest BCUT2D eigenvalue weighted by Gasteiger charge is 2.31. The highest BCUT2D eigenvalue weighted by Crippen LogP contribution is 2.21. The summed E-state index contributed by atoms with van der Waals surface area (Å²) in [6.45, 7) is 0.438. The molecule has 0 unspecified atom stereocenters. The number of nitrogens with one attached hydrogen (secondary N) is 3. The topological polar surface area (TPSA) is 130 Å². The first-order valence-electron chi connectivity index (χ1n) is 10.3. The third-order valence-electron chi connectivity index (χ3n) is 5.09. The summed E-state index contributed by atoms with van der Waals surface area (Å²) in [5.41, 5.74) is 8.07. The maximum Gasteiger partial charge on any atom is 0.294 e.